The monoisotopic (exact) mass is 256 g/mol. The van der Waals surface area contributed by atoms with Crippen molar-refractivity contribution in [1.82, 2.24) is 4.98 Å². The van der Waals surface area contributed by atoms with Crippen molar-refractivity contribution in [3.8, 4) is 5.75 Å². The molecule has 3 heterocycles. The second-order valence-corrected chi connectivity index (χ2v) is 4.62. The van der Waals surface area contributed by atoms with E-state index in [2.05, 4.69) is 15.0 Å². The third kappa shape index (κ3) is 2.38. The van der Waals surface area contributed by atoms with E-state index in [4.69, 9.17) is 4.74 Å². The summed E-state index contributed by atoms with van der Waals surface area (Å²) >= 11 is 0. The molecular weight excluding hydrogens is 242 g/mol. The van der Waals surface area contributed by atoms with Crippen molar-refractivity contribution in [2.24, 2.45) is 0 Å². The number of halogens is 2. The molecule has 1 aromatic rings. The van der Waals surface area contributed by atoms with Crippen LogP contribution in [0.5, 0.6) is 5.75 Å². The summed E-state index contributed by atoms with van der Waals surface area (Å²) < 4.78 is 33.9. The zero-order valence-corrected chi connectivity index (χ0v) is 9.68. The molecule has 0 aromatic carbocycles. The summed E-state index contributed by atoms with van der Waals surface area (Å²) in [6, 6.07) is 3.40. The summed E-state index contributed by atoms with van der Waals surface area (Å²) in [4.78, 5) is 4.05. The molecule has 1 N–H and O–H groups in total. The van der Waals surface area contributed by atoms with Gasteiger partial charge in [0, 0.05) is 0 Å². The molecule has 3 atom stereocenters. The van der Waals surface area contributed by atoms with Crippen LogP contribution < -0.4 is 10.1 Å². The lowest BCUT2D eigenvalue weighted by molar-refractivity contribution is -0.0500. The molecule has 0 aliphatic carbocycles. The molecule has 0 radical (unpaired) electrons. The molecule has 2 saturated heterocycles. The molecule has 0 amide bonds. The molecule has 0 spiro atoms. The molecule has 98 valence electrons. The van der Waals surface area contributed by atoms with Crippen molar-refractivity contribution < 1.29 is 18.3 Å². The normalized spacial score (nSPS) is 29.8. The molecule has 18 heavy (non-hydrogen) atoms. The van der Waals surface area contributed by atoms with Crippen molar-refractivity contribution in [3.63, 3.8) is 0 Å². The summed E-state index contributed by atoms with van der Waals surface area (Å²) in [5, 5.41) is 3.27. The molecule has 6 heteroatoms. The number of anilines is 1. The van der Waals surface area contributed by atoms with Gasteiger partial charge in [-0.05, 0) is 31.4 Å². The van der Waals surface area contributed by atoms with Gasteiger partial charge in [0.1, 0.15) is 11.6 Å². The first kappa shape index (κ1) is 11.6. The van der Waals surface area contributed by atoms with Crippen LogP contribution in [0, 0.1) is 0 Å². The summed E-state index contributed by atoms with van der Waals surface area (Å²) in [6.45, 7) is -2.82. The maximum Gasteiger partial charge on any atom is 0.387 e. The molecule has 2 fully saturated rings. The van der Waals surface area contributed by atoms with Gasteiger partial charge in [-0.2, -0.15) is 8.78 Å². The Kier molecular flexibility index (Phi) is 3.03. The zero-order valence-electron chi connectivity index (χ0n) is 9.68. The van der Waals surface area contributed by atoms with Crippen LogP contribution in [0.2, 0.25) is 0 Å². The number of fused-ring (bicyclic) bond motifs is 2. The number of pyridine rings is 1. The predicted molar refractivity (Wildman–Crippen MR) is 60.8 cm³/mol. The molecule has 2 bridgehead atoms. The van der Waals surface area contributed by atoms with Gasteiger partial charge in [-0.3, -0.25) is 0 Å². The van der Waals surface area contributed by atoms with E-state index in [9.17, 15) is 8.78 Å². The Morgan fingerprint density at radius 2 is 2.28 bits per heavy atom. The minimum absolute atomic E-state index is 0.0692. The van der Waals surface area contributed by atoms with Gasteiger partial charge < -0.3 is 14.8 Å². The Labute approximate surface area is 103 Å². The number of alkyl halides is 2. The van der Waals surface area contributed by atoms with Crippen LogP contribution >= 0.6 is 0 Å². The maximum absolute atomic E-state index is 12.0. The van der Waals surface area contributed by atoms with E-state index in [0.29, 0.717) is 11.9 Å². The van der Waals surface area contributed by atoms with Crippen molar-refractivity contribution >= 4 is 5.82 Å². The van der Waals surface area contributed by atoms with Gasteiger partial charge >= 0.3 is 6.61 Å². The molecule has 0 unspecified atom stereocenters. The summed E-state index contributed by atoms with van der Waals surface area (Å²) in [6.07, 6.45) is 5.12. The number of nitrogens with one attached hydrogen (secondary N) is 1. The number of hydrogen-bond donors (Lipinski definition) is 1. The molecular formula is C12H14F2N2O2. The quantitative estimate of drug-likeness (QED) is 0.898. The lowest BCUT2D eigenvalue weighted by Crippen LogP contribution is -2.30. The zero-order chi connectivity index (χ0) is 12.5. The topological polar surface area (TPSA) is 43.4 Å². The van der Waals surface area contributed by atoms with E-state index in [1.807, 2.05) is 0 Å². The first-order valence-corrected chi connectivity index (χ1v) is 6.03. The number of nitrogens with zero attached hydrogens (tertiary/aromatic N) is 1. The minimum Gasteiger partial charge on any atom is -0.433 e. The third-order valence-corrected chi connectivity index (χ3v) is 3.40. The Hall–Kier alpha value is -1.43. The summed E-state index contributed by atoms with van der Waals surface area (Å²) in [5.74, 6) is 0.734. The highest BCUT2D eigenvalue weighted by atomic mass is 19.3. The lowest BCUT2D eigenvalue weighted by atomic mass is 9.95. The third-order valence-electron chi connectivity index (χ3n) is 3.40. The highest BCUT2D eigenvalue weighted by Gasteiger charge is 2.40. The van der Waals surface area contributed by atoms with Crippen LogP contribution in [0.1, 0.15) is 19.3 Å². The van der Waals surface area contributed by atoms with E-state index in [0.717, 1.165) is 19.3 Å². The van der Waals surface area contributed by atoms with E-state index in [1.54, 1.807) is 6.07 Å². The molecule has 2 aliphatic heterocycles. The lowest BCUT2D eigenvalue weighted by Gasteiger charge is -2.20. The van der Waals surface area contributed by atoms with E-state index in [1.165, 1.54) is 12.3 Å². The Morgan fingerprint density at radius 3 is 2.83 bits per heavy atom. The number of ether oxygens (including phenoxy) is 2. The molecule has 2 aliphatic rings. The van der Waals surface area contributed by atoms with Gasteiger partial charge in [0.2, 0.25) is 0 Å². The standard InChI is InChI=1S/C12H14F2N2O2/c13-12(14)18-8-2-4-11(15-6-8)16-9-5-7-1-3-10(9)17-7/h2,4,6-7,9-10,12H,1,3,5H2,(H,15,16)/t7-,9-,10+/m1/s1. The SMILES string of the molecule is FC(F)Oc1ccc(N[C@@H]2C[C@H]3CC[C@@H]2O3)nc1. The highest BCUT2D eigenvalue weighted by Crippen LogP contribution is 2.35. The number of rotatable bonds is 4. The van der Waals surface area contributed by atoms with Crippen LogP contribution in [0.25, 0.3) is 0 Å². The minimum atomic E-state index is -2.82. The Balaban J connectivity index is 1.60. The number of hydrogen-bond acceptors (Lipinski definition) is 4. The predicted octanol–water partition coefficient (Wildman–Crippen LogP) is 2.41. The average Bonchev–Trinajstić information content (AvgIpc) is 2.93. The van der Waals surface area contributed by atoms with Crippen molar-refractivity contribution in [2.75, 3.05) is 5.32 Å². The van der Waals surface area contributed by atoms with Gasteiger partial charge in [-0.25, -0.2) is 4.98 Å². The van der Waals surface area contributed by atoms with E-state index in [-0.39, 0.29) is 17.9 Å². The van der Waals surface area contributed by atoms with Crippen molar-refractivity contribution in [2.45, 2.75) is 44.1 Å². The fourth-order valence-electron chi connectivity index (χ4n) is 2.62. The van der Waals surface area contributed by atoms with Gasteiger partial charge in [0.05, 0.1) is 24.4 Å². The Morgan fingerprint density at radius 1 is 1.39 bits per heavy atom. The Bertz CT molecular complexity index is 413. The second kappa shape index (κ2) is 4.68. The van der Waals surface area contributed by atoms with Crippen molar-refractivity contribution in [1.29, 1.82) is 0 Å². The highest BCUT2D eigenvalue weighted by molar-refractivity contribution is 5.39. The van der Waals surface area contributed by atoms with Crippen LogP contribution in [0.3, 0.4) is 0 Å². The van der Waals surface area contributed by atoms with Gasteiger partial charge in [-0.1, -0.05) is 0 Å². The van der Waals surface area contributed by atoms with Gasteiger partial charge in [-0.15, -0.1) is 0 Å². The molecule has 1 aromatic heterocycles. The second-order valence-electron chi connectivity index (χ2n) is 4.62. The molecule has 0 saturated carbocycles. The van der Waals surface area contributed by atoms with Crippen LogP contribution in [-0.4, -0.2) is 29.8 Å². The number of aromatic nitrogens is 1. The van der Waals surface area contributed by atoms with E-state index < -0.39 is 6.61 Å². The van der Waals surface area contributed by atoms with Gasteiger partial charge in [0.25, 0.3) is 0 Å². The summed E-state index contributed by atoms with van der Waals surface area (Å²) in [5.41, 5.74) is 0. The van der Waals surface area contributed by atoms with Gasteiger partial charge in [0.15, 0.2) is 0 Å². The molecule has 3 rings (SSSR count). The fourth-order valence-corrected chi connectivity index (χ4v) is 2.62. The van der Waals surface area contributed by atoms with Crippen LogP contribution in [0.4, 0.5) is 14.6 Å². The van der Waals surface area contributed by atoms with E-state index >= 15 is 0 Å². The van der Waals surface area contributed by atoms with Crippen LogP contribution in [0.15, 0.2) is 18.3 Å². The first-order valence-electron chi connectivity index (χ1n) is 6.03. The first-order chi connectivity index (χ1) is 8.70. The smallest absolute Gasteiger partial charge is 0.387 e. The average molecular weight is 256 g/mol. The largest absolute Gasteiger partial charge is 0.433 e. The van der Waals surface area contributed by atoms with Crippen LogP contribution in [-0.2, 0) is 4.74 Å². The maximum atomic E-state index is 12.0. The van der Waals surface area contributed by atoms with Crippen molar-refractivity contribution in [3.05, 3.63) is 18.3 Å². The summed E-state index contributed by atoms with van der Waals surface area (Å²) in [7, 11) is 0. The molecule has 4 nitrogen and oxygen atoms in total. The fraction of sp³-hybridized carbons (Fsp3) is 0.583.